The van der Waals surface area contributed by atoms with E-state index in [1.54, 1.807) is 6.20 Å². The summed E-state index contributed by atoms with van der Waals surface area (Å²) in [6.45, 7) is 3.82. The van der Waals surface area contributed by atoms with Crippen LogP contribution in [0.15, 0.2) is 48.7 Å². The number of anilines is 1. The minimum absolute atomic E-state index is 0.0739. The van der Waals surface area contributed by atoms with Gasteiger partial charge in [-0.2, -0.15) is 0 Å². The van der Waals surface area contributed by atoms with Gasteiger partial charge in [0, 0.05) is 43.9 Å². The maximum Gasteiger partial charge on any atom is 0.414 e. The number of rotatable bonds is 5. The Bertz CT molecular complexity index is 1220. The molecular formula is C25H24Cl2N4O3. The molecule has 9 heteroatoms. The van der Waals surface area contributed by atoms with Gasteiger partial charge in [0.15, 0.2) is 0 Å². The molecule has 1 aromatic heterocycles. The highest BCUT2D eigenvalue weighted by Gasteiger charge is 2.29. The van der Waals surface area contributed by atoms with Crippen molar-refractivity contribution in [2.24, 2.45) is 0 Å². The van der Waals surface area contributed by atoms with E-state index in [9.17, 15) is 9.90 Å². The fourth-order valence-electron chi connectivity index (χ4n) is 4.63. The molecule has 1 aliphatic heterocycles. The fourth-order valence-corrected chi connectivity index (χ4v) is 4.94. The van der Waals surface area contributed by atoms with Crippen molar-refractivity contribution >= 4 is 35.2 Å². The van der Waals surface area contributed by atoms with Gasteiger partial charge in [0.1, 0.15) is 0 Å². The lowest BCUT2D eigenvalue weighted by Crippen LogP contribution is -2.43. The minimum atomic E-state index is -1.06. The Morgan fingerprint density at radius 3 is 2.71 bits per heavy atom. The van der Waals surface area contributed by atoms with E-state index in [4.69, 9.17) is 32.9 Å². The lowest BCUT2D eigenvalue weighted by atomic mass is 9.78. The fraction of sp³-hybridized carbons (Fsp3) is 0.320. The lowest BCUT2D eigenvalue weighted by Gasteiger charge is -2.30. The van der Waals surface area contributed by atoms with Gasteiger partial charge in [-0.25, -0.2) is 19.7 Å². The minimum Gasteiger partial charge on any atom is -0.465 e. The second kappa shape index (κ2) is 9.88. The molecule has 34 heavy (non-hydrogen) atoms. The third-order valence-corrected chi connectivity index (χ3v) is 7.17. The number of benzene rings is 2. The summed E-state index contributed by atoms with van der Waals surface area (Å²) < 4.78 is 5.38. The lowest BCUT2D eigenvalue weighted by molar-refractivity contribution is 0.0392. The first-order valence-corrected chi connectivity index (χ1v) is 12.0. The van der Waals surface area contributed by atoms with Crippen LogP contribution in [0.1, 0.15) is 22.6 Å². The summed E-state index contributed by atoms with van der Waals surface area (Å²) in [5, 5.41) is 10.9. The van der Waals surface area contributed by atoms with Gasteiger partial charge < -0.3 is 9.84 Å². The van der Waals surface area contributed by atoms with Gasteiger partial charge in [-0.15, -0.1) is 0 Å². The number of fused-ring (bicyclic) bond motifs is 3. The van der Waals surface area contributed by atoms with Crippen LogP contribution in [0.5, 0.6) is 0 Å². The van der Waals surface area contributed by atoms with Crippen molar-refractivity contribution in [3.05, 3.63) is 75.4 Å². The van der Waals surface area contributed by atoms with E-state index in [1.165, 1.54) is 4.90 Å². The number of carbonyl (C=O) groups is 1. The Labute approximate surface area is 207 Å². The second-order valence-electron chi connectivity index (χ2n) is 8.45. The summed E-state index contributed by atoms with van der Waals surface area (Å²) in [5.41, 5.74) is 4.90. The topological polar surface area (TPSA) is 78.8 Å². The van der Waals surface area contributed by atoms with Crippen molar-refractivity contribution in [2.45, 2.75) is 12.3 Å². The van der Waals surface area contributed by atoms with Crippen LogP contribution in [0.4, 0.5) is 10.7 Å². The third-order valence-electron chi connectivity index (χ3n) is 6.43. The monoisotopic (exact) mass is 498 g/mol. The van der Waals surface area contributed by atoms with Crippen molar-refractivity contribution in [2.75, 3.05) is 44.3 Å². The van der Waals surface area contributed by atoms with E-state index >= 15 is 0 Å². The van der Waals surface area contributed by atoms with Crippen LogP contribution in [0, 0.1) is 0 Å². The molecule has 0 radical (unpaired) electrons. The van der Waals surface area contributed by atoms with Crippen molar-refractivity contribution in [1.82, 2.24) is 14.9 Å². The molecular weight excluding hydrogens is 475 g/mol. The molecule has 0 saturated carbocycles. The normalized spacial score (nSPS) is 17.6. The van der Waals surface area contributed by atoms with Crippen LogP contribution in [-0.2, 0) is 11.2 Å². The van der Waals surface area contributed by atoms with E-state index in [0.29, 0.717) is 42.8 Å². The second-order valence-corrected chi connectivity index (χ2v) is 9.26. The molecule has 3 aromatic rings. The molecule has 2 aliphatic rings. The van der Waals surface area contributed by atoms with Crippen LogP contribution < -0.4 is 4.90 Å². The van der Waals surface area contributed by atoms with E-state index in [1.807, 2.05) is 36.4 Å². The van der Waals surface area contributed by atoms with E-state index < -0.39 is 6.09 Å². The number of hydrogen-bond donors (Lipinski definition) is 1. The molecule has 176 valence electrons. The van der Waals surface area contributed by atoms with Gasteiger partial charge in [-0.1, -0.05) is 53.5 Å². The predicted molar refractivity (Wildman–Crippen MR) is 132 cm³/mol. The SMILES string of the molecule is O=C(O)N(CCN1CCOCC1)c1ncc2c(n1)-c1ccccc1[C@H](c1ccc(Cl)c(Cl)c1)C2. The Morgan fingerprint density at radius 1 is 1.15 bits per heavy atom. The first kappa shape index (κ1) is 23.1. The summed E-state index contributed by atoms with van der Waals surface area (Å²) >= 11 is 12.4. The molecule has 1 N–H and O–H groups in total. The molecule has 5 rings (SSSR count). The highest BCUT2D eigenvalue weighted by Crippen LogP contribution is 2.43. The van der Waals surface area contributed by atoms with E-state index in [2.05, 4.69) is 16.0 Å². The van der Waals surface area contributed by atoms with E-state index in [0.717, 1.165) is 41.0 Å². The first-order valence-electron chi connectivity index (χ1n) is 11.2. The van der Waals surface area contributed by atoms with Gasteiger partial charge in [0.2, 0.25) is 5.95 Å². The number of morpholine rings is 1. The molecule has 1 fully saturated rings. The molecule has 2 aromatic carbocycles. The van der Waals surface area contributed by atoms with E-state index in [-0.39, 0.29) is 11.9 Å². The number of nitrogens with zero attached hydrogens (tertiary/aromatic N) is 4. The van der Waals surface area contributed by atoms with Gasteiger partial charge in [0.25, 0.3) is 0 Å². The predicted octanol–water partition coefficient (Wildman–Crippen LogP) is 4.96. The Hall–Kier alpha value is -2.71. The molecule has 0 bridgehead atoms. The third kappa shape index (κ3) is 4.61. The largest absolute Gasteiger partial charge is 0.465 e. The first-order chi connectivity index (χ1) is 16.5. The molecule has 0 spiro atoms. The van der Waals surface area contributed by atoms with Crippen LogP contribution in [-0.4, -0.2) is 65.5 Å². The van der Waals surface area contributed by atoms with Crippen LogP contribution in [0.2, 0.25) is 10.0 Å². The summed E-state index contributed by atoms with van der Waals surface area (Å²) in [6.07, 6.45) is 1.37. The van der Waals surface area contributed by atoms with Crippen LogP contribution >= 0.6 is 23.2 Å². The summed E-state index contributed by atoms with van der Waals surface area (Å²) in [4.78, 5) is 24.7. The molecule has 0 unspecified atom stereocenters. The number of hydrogen-bond acceptors (Lipinski definition) is 5. The smallest absolute Gasteiger partial charge is 0.414 e. The highest BCUT2D eigenvalue weighted by atomic mass is 35.5. The molecule has 1 atom stereocenters. The summed E-state index contributed by atoms with van der Waals surface area (Å²) in [5.74, 6) is 0.270. The summed E-state index contributed by atoms with van der Waals surface area (Å²) in [6, 6.07) is 13.8. The number of carboxylic acid groups (broad SMARTS) is 1. The maximum atomic E-state index is 12.1. The number of halogens is 2. The molecule has 1 amide bonds. The molecule has 1 saturated heterocycles. The molecule has 2 heterocycles. The standard InChI is InChI=1S/C25H24Cl2N4O3/c26-21-6-5-16(14-22(21)27)20-13-17-15-28-24(29-23(17)19-4-2-1-3-18(19)20)31(25(32)33)8-7-30-9-11-34-12-10-30/h1-6,14-15,20H,7-13H2,(H,32,33)/t20-/m0/s1. The maximum absolute atomic E-state index is 12.1. The molecule has 1 aliphatic carbocycles. The molecule has 7 nitrogen and oxygen atoms in total. The van der Waals surface area contributed by atoms with Crippen LogP contribution in [0.3, 0.4) is 0 Å². The van der Waals surface area contributed by atoms with Crippen molar-refractivity contribution < 1.29 is 14.6 Å². The average Bonchev–Trinajstić information content (AvgIpc) is 2.86. The van der Waals surface area contributed by atoms with Gasteiger partial charge in [0.05, 0.1) is 29.0 Å². The quantitative estimate of drug-likeness (QED) is 0.535. The highest BCUT2D eigenvalue weighted by molar-refractivity contribution is 6.42. The zero-order valence-electron chi connectivity index (χ0n) is 18.5. The Kier molecular flexibility index (Phi) is 6.70. The van der Waals surface area contributed by atoms with Gasteiger partial charge in [-0.3, -0.25) is 4.90 Å². The van der Waals surface area contributed by atoms with Crippen molar-refractivity contribution in [1.29, 1.82) is 0 Å². The Balaban J connectivity index is 1.46. The average molecular weight is 499 g/mol. The van der Waals surface area contributed by atoms with Gasteiger partial charge in [-0.05, 0) is 35.2 Å². The number of aromatic nitrogens is 2. The zero-order valence-corrected chi connectivity index (χ0v) is 20.0. The van der Waals surface area contributed by atoms with Crippen molar-refractivity contribution in [3.63, 3.8) is 0 Å². The van der Waals surface area contributed by atoms with Crippen LogP contribution in [0.25, 0.3) is 11.3 Å². The zero-order chi connectivity index (χ0) is 23.7. The number of amides is 1. The summed E-state index contributed by atoms with van der Waals surface area (Å²) in [7, 11) is 0. The van der Waals surface area contributed by atoms with Crippen molar-refractivity contribution in [3.8, 4) is 11.3 Å². The van der Waals surface area contributed by atoms with Gasteiger partial charge >= 0.3 is 6.09 Å². The number of ether oxygens (including phenoxy) is 1. The Morgan fingerprint density at radius 2 is 1.94 bits per heavy atom.